The third kappa shape index (κ3) is 4.26. The molecule has 0 amide bonds. The molecule has 0 saturated carbocycles. The van der Waals surface area contributed by atoms with E-state index in [2.05, 4.69) is 65.3 Å². The highest BCUT2D eigenvalue weighted by Crippen LogP contribution is 2.31. The lowest BCUT2D eigenvalue weighted by Crippen LogP contribution is -2.14. The second-order valence-corrected chi connectivity index (χ2v) is 8.22. The number of hydrogen-bond donors (Lipinski definition) is 2. The van der Waals surface area contributed by atoms with Crippen molar-refractivity contribution in [3.05, 3.63) is 48.0 Å². The number of anilines is 1. The quantitative estimate of drug-likeness (QED) is 0.632. The number of benzene rings is 1. The lowest BCUT2D eigenvalue weighted by Gasteiger charge is -2.16. The molecule has 1 saturated heterocycles. The molecule has 2 N–H and O–H groups in total. The number of aliphatic hydroxyl groups excluding tert-OH is 1. The Morgan fingerprint density at radius 3 is 2.62 bits per heavy atom. The van der Waals surface area contributed by atoms with Crippen molar-refractivity contribution < 1.29 is 9.84 Å². The minimum atomic E-state index is -0.147. The molecule has 4 rings (SSSR count). The van der Waals surface area contributed by atoms with E-state index in [-0.39, 0.29) is 25.0 Å². The van der Waals surface area contributed by atoms with Crippen molar-refractivity contribution in [1.29, 1.82) is 0 Å². The normalized spacial score (nSPS) is 20.4. The first-order valence-electron chi connectivity index (χ1n) is 10.3. The Morgan fingerprint density at radius 1 is 1.14 bits per heavy atom. The number of fused-ring (bicyclic) bond motifs is 1. The van der Waals surface area contributed by atoms with Crippen LogP contribution in [-0.4, -0.2) is 37.3 Å². The fraction of sp³-hybridized carbons (Fsp3) is 0.500. The summed E-state index contributed by atoms with van der Waals surface area (Å²) in [7, 11) is 0. The molecule has 3 atom stereocenters. The first-order chi connectivity index (χ1) is 14.0. The summed E-state index contributed by atoms with van der Waals surface area (Å²) in [6, 6.07) is 8.84. The molecule has 1 aromatic carbocycles. The van der Waals surface area contributed by atoms with Gasteiger partial charge < -0.3 is 15.2 Å². The minimum absolute atomic E-state index is 0.0401. The van der Waals surface area contributed by atoms with E-state index < -0.39 is 0 Å². The first-order valence-corrected chi connectivity index (χ1v) is 10.3. The summed E-state index contributed by atoms with van der Waals surface area (Å²) in [5, 5.41) is 12.8. The highest BCUT2D eigenvalue weighted by Gasteiger charge is 2.28. The molecule has 7 nitrogen and oxygen atoms in total. The monoisotopic (exact) mass is 395 g/mol. The Kier molecular flexibility index (Phi) is 5.78. The lowest BCUT2D eigenvalue weighted by atomic mass is 10.00. The van der Waals surface area contributed by atoms with Crippen LogP contribution in [0, 0.1) is 5.92 Å². The number of nitrogens with zero attached hydrogens (tertiary/aromatic N) is 4. The molecule has 154 valence electrons. The molecule has 0 radical (unpaired) electrons. The predicted molar refractivity (Wildman–Crippen MR) is 113 cm³/mol. The zero-order valence-corrected chi connectivity index (χ0v) is 17.2. The van der Waals surface area contributed by atoms with Crippen LogP contribution in [0.4, 0.5) is 5.82 Å². The number of hydrogen-bond acceptors (Lipinski definition) is 6. The maximum Gasteiger partial charge on any atom is 0.167 e. The molecule has 1 fully saturated rings. The molecule has 0 bridgehead atoms. The Hall–Kier alpha value is -2.51. The van der Waals surface area contributed by atoms with E-state index in [1.807, 2.05) is 4.57 Å². The number of rotatable bonds is 7. The highest BCUT2D eigenvalue weighted by atomic mass is 16.5. The van der Waals surface area contributed by atoms with Gasteiger partial charge in [-0.1, -0.05) is 38.1 Å². The summed E-state index contributed by atoms with van der Waals surface area (Å²) in [6.45, 7) is 6.63. The summed E-state index contributed by atoms with van der Waals surface area (Å²) in [6.07, 6.45) is 5.80. The van der Waals surface area contributed by atoms with Gasteiger partial charge in [0.2, 0.25) is 0 Å². The van der Waals surface area contributed by atoms with E-state index in [0.717, 1.165) is 30.4 Å². The topological polar surface area (TPSA) is 85.1 Å². The van der Waals surface area contributed by atoms with Crippen molar-refractivity contribution in [2.45, 2.75) is 58.4 Å². The number of imidazole rings is 1. The van der Waals surface area contributed by atoms with E-state index in [0.29, 0.717) is 11.7 Å². The number of aromatic nitrogens is 4. The highest BCUT2D eigenvalue weighted by molar-refractivity contribution is 5.82. The molecule has 1 aliphatic heterocycles. The van der Waals surface area contributed by atoms with E-state index in [4.69, 9.17) is 4.74 Å². The maximum absolute atomic E-state index is 9.32. The largest absolute Gasteiger partial charge is 0.394 e. The Bertz CT molecular complexity index is 953. The molecule has 29 heavy (non-hydrogen) atoms. The van der Waals surface area contributed by atoms with Gasteiger partial charge in [0.15, 0.2) is 17.0 Å². The van der Waals surface area contributed by atoms with Gasteiger partial charge in [0, 0.05) is 0 Å². The summed E-state index contributed by atoms with van der Waals surface area (Å²) in [5.41, 5.74) is 4.03. The van der Waals surface area contributed by atoms with Crippen LogP contribution in [0.1, 0.15) is 57.0 Å². The minimum Gasteiger partial charge on any atom is -0.394 e. The molecule has 3 unspecified atom stereocenters. The van der Waals surface area contributed by atoms with E-state index in [9.17, 15) is 5.11 Å². The average Bonchev–Trinajstić information content (AvgIpc) is 3.35. The van der Waals surface area contributed by atoms with Crippen molar-refractivity contribution in [3.63, 3.8) is 0 Å². The Morgan fingerprint density at radius 2 is 1.93 bits per heavy atom. The fourth-order valence-corrected chi connectivity index (χ4v) is 3.90. The lowest BCUT2D eigenvalue weighted by molar-refractivity contribution is -0.0207. The van der Waals surface area contributed by atoms with Crippen LogP contribution >= 0.6 is 0 Å². The van der Waals surface area contributed by atoms with Crippen LogP contribution in [-0.2, 0) is 11.2 Å². The third-order valence-electron chi connectivity index (χ3n) is 5.43. The molecule has 0 spiro atoms. The van der Waals surface area contributed by atoms with E-state index in [1.54, 1.807) is 12.7 Å². The Labute approximate surface area is 171 Å². The van der Waals surface area contributed by atoms with Gasteiger partial charge in [0.25, 0.3) is 0 Å². The van der Waals surface area contributed by atoms with Gasteiger partial charge in [0.05, 0.1) is 25.1 Å². The van der Waals surface area contributed by atoms with E-state index >= 15 is 0 Å². The molecule has 0 aliphatic carbocycles. The Balaban J connectivity index is 1.52. The van der Waals surface area contributed by atoms with Crippen LogP contribution in [0.5, 0.6) is 0 Å². The van der Waals surface area contributed by atoms with Crippen LogP contribution < -0.4 is 5.32 Å². The summed E-state index contributed by atoms with van der Waals surface area (Å²) < 4.78 is 7.82. The second-order valence-electron chi connectivity index (χ2n) is 8.22. The van der Waals surface area contributed by atoms with Gasteiger partial charge in [-0.3, -0.25) is 4.57 Å². The van der Waals surface area contributed by atoms with Crippen LogP contribution in [0.2, 0.25) is 0 Å². The van der Waals surface area contributed by atoms with Gasteiger partial charge >= 0.3 is 0 Å². The average molecular weight is 396 g/mol. The zero-order valence-electron chi connectivity index (χ0n) is 17.2. The maximum atomic E-state index is 9.32. The smallest absolute Gasteiger partial charge is 0.167 e. The molecule has 3 aromatic rings. The summed E-state index contributed by atoms with van der Waals surface area (Å²) in [5.74, 6) is 1.36. The van der Waals surface area contributed by atoms with Gasteiger partial charge in [0.1, 0.15) is 12.6 Å². The van der Waals surface area contributed by atoms with Gasteiger partial charge in [-0.05, 0) is 43.2 Å². The molecule has 3 heterocycles. The van der Waals surface area contributed by atoms with Gasteiger partial charge in [-0.25, -0.2) is 15.0 Å². The van der Waals surface area contributed by atoms with Crippen molar-refractivity contribution in [2.75, 3.05) is 11.9 Å². The molecular formula is C22H29N5O2. The molecule has 7 heteroatoms. The van der Waals surface area contributed by atoms with Crippen molar-refractivity contribution in [1.82, 2.24) is 19.5 Å². The summed E-state index contributed by atoms with van der Waals surface area (Å²) in [4.78, 5) is 13.4. The standard InChI is InChI=1S/C22H29N5O2/c1-14(2)10-16-4-6-17(7-5-16)15(3)26-21-20-22(24-12-23-21)27(13-25-20)19-9-8-18(11-28)29-19/h4-7,12-15,18-19,28H,8-11H2,1-3H3,(H,23,24,26). The zero-order chi connectivity index (χ0) is 20.4. The molecular weight excluding hydrogens is 366 g/mol. The fourth-order valence-electron chi connectivity index (χ4n) is 3.90. The number of nitrogens with one attached hydrogen (secondary N) is 1. The SMILES string of the molecule is CC(C)Cc1ccc(C(C)Nc2ncnc3c2ncn3C2CCC(CO)O2)cc1. The van der Waals surface area contributed by atoms with E-state index in [1.165, 1.54) is 11.1 Å². The van der Waals surface area contributed by atoms with Crippen LogP contribution in [0.3, 0.4) is 0 Å². The van der Waals surface area contributed by atoms with Crippen molar-refractivity contribution >= 4 is 17.0 Å². The second kappa shape index (κ2) is 8.47. The molecule has 1 aliphatic rings. The summed E-state index contributed by atoms with van der Waals surface area (Å²) >= 11 is 0. The van der Waals surface area contributed by atoms with Crippen molar-refractivity contribution in [3.8, 4) is 0 Å². The van der Waals surface area contributed by atoms with Gasteiger partial charge in [-0.2, -0.15) is 0 Å². The van der Waals surface area contributed by atoms with Gasteiger partial charge in [-0.15, -0.1) is 0 Å². The number of ether oxygens (including phenoxy) is 1. The molecule has 2 aromatic heterocycles. The predicted octanol–water partition coefficient (Wildman–Crippen LogP) is 3.87. The van der Waals surface area contributed by atoms with Crippen molar-refractivity contribution in [2.24, 2.45) is 5.92 Å². The third-order valence-corrected chi connectivity index (χ3v) is 5.43. The first kappa shape index (κ1) is 19.8. The van der Waals surface area contributed by atoms with Crippen LogP contribution in [0.25, 0.3) is 11.2 Å². The number of aliphatic hydroxyl groups is 1. The van der Waals surface area contributed by atoms with Crippen LogP contribution in [0.15, 0.2) is 36.9 Å².